The topological polar surface area (TPSA) is 77.1 Å². The monoisotopic (exact) mass is 412 g/mol. The Morgan fingerprint density at radius 1 is 1.28 bits per heavy atom. The van der Waals surface area contributed by atoms with Crippen molar-refractivity contribution < 1.29 is 32.6 Å². The summed E-state index contributed by atoms with van der Waals surface area (Å²) in [7, 11) is 0. The largest absolute Gasteiger partial charge is 0.445 e. The number of rotatable bonds is 3. The summed E-state index contributed by atoms with van der Waals surface area (Å²) in [4.78, 5) is 26.0. The minimum atomic E-state index is -3.27. The van der Waals surface area contributed by atoms with Gasteiger partial charge in [0.1, 0.15) is 17.7 Å². The molecule has 1 aromatic carbocycles. The van der Waals surface area contributed by atoms with Gasteiger partial charge in [0.2, 0.25) is 0 Å². The van der Waals surface area contributed by atoms with E-state index in [1.54, 1.807) is 45.0 Å². The molecule has 160 valence electrons. The zero-order valence-corrected chi connectivity index (χ0v) is 16.7. The number of likely N-dealkylation sites (tertiary alicyclic amines) is 1. The maximum absolute atomic E-state index is 15.1. The van der Waals surface area contributed by atoms with Crippen LogP contribution in [0.4, 0.5) is 18.4 Å². The predicted octanol–water partition coefficient (Wildman–Crippen LogP) is 3.18. The fraction of sp³-hybridized carbons (Fsp3) is 0.600. The van der Waals surface area contributed by atoms with Crippen molar-refractivity contribution in [2.75, 3.05) is 26.3 Å². The van der Waals surface area contributed by atoms with Gasteiger partial charge >= 0.3 is 12.2 Å². The number of hydrogen-bond donors (Lipinski definition) is 1. The van der Waals surface area contributed by atoms with E-state index in [0.29, 0.717) is 0 Å². The van der Waals surface area contributed by atoms with E-state index in [1.807, 2.05) is 6.07 Å². The lowest BCUT2D eigenvalue weighted by molar-refractivity contribution is -0.233. The molecule has 29 heavy (non-hydrogen) atoms. The van der Waals surface area contributed by atoms with Crippen LogP contribution in [0.3, 0.4) is 0 Å². The van der Waals surface area contributed by atoms with Crippen molar-refractivity contribution in [3.63, 3.8) is 0 Å². The quantitative estimate of drug-likeness (QED) is 0.825. The van der Waals surface area contributed by atoms with Crippen molar-refractivity contribution >= 4 is 12.2 Å². The van der Waals surface area contributed by atoms with Crippen LogP contribution < -0.4 is 5.32 Å². The van der Waals surface area contributed by atoms with Crippen LogP contribution in [0.25, 0.3) is 0 Å². The van der Waals surface area contributed by atoms with Gasteiger partial charge in [0.05, 0.1) is 25.7 Å². The van der Waals surface area contributed by atoms with Crippen LogP contribution in [0.1, 0.15) is 26.3 Å². The van der Waals surface area contributed by atoms with Gasteiger partial charge in [-0.05, 0) is 26.3 Å². The summed E-state index contributed by atoms with van der Waals surface area (Å²) in [6.45, 7) is 3.72. The fourth-order valence-corrected chi connectivity index (χ4v) is 3.52. The minimum absolute atomic E-state index is 0.0611. The molecule has 1 N–H and O–H groups in total. The number of fused-ring (bicyclic) bond motifs is 2. The fourth-order valence-electron chi connectivity index (χ4n) is 3.52. The Bertz CT molecular complexity index is 753. The summed E-state index contributed by atoms with van der Waals surface area (Å²) in [6, 6.07) is 8.89. The second-order valence-corrected chi connectivity index (χ2v) is 8.46. The van der Waals surface area contributed by atoms with Gasteiger partial charge in [0.15, 0.2) is 0 Å². The average molecular weight is 412 g/mol. The molecule has 0 saturated carbocycles. The number of nitrogens with zero attached hydrogens (tertiary/aromatic N) is 1. The Hall–Kier alpha value is -2.42. The lowest BCUT2D eigenvalue weighted by atomic mass is 9.77. The number of carbonyl (C=O) groups excluding carboxylic acids is 2. The highest BCUT2D eigenvalue weighted by molar-refractivity contribution is 5.71. The first kappa shape index (κ1) is 21.3. The van der Waals surface area contributed by atoms with Gasteiger partial charge in [-0.3, -0.25) is 0 Å². The van der Waals surface area contributed by atoms with Crippen molar-refractivity contribution in [1.82, 2.24) is 10.2 Å². The summed E-state index contributed by atoms with van der Waals surface area (Å²) in [5.74, 6) is -4.53. The number of alkyl halides is 2. The molecule has 0 aromatic heterocycles. The van der Waals surface area contributed by atoms with Gasteiger partial charge in [-0.25, -0.2) is 18.4 Å². The van der Waals surface area contributed by atoms with E-state index in [2.05, 4.69) is 5.32 Å². The van der Waals surface area contributed by atoms with E-state index >= 15 is 8.78 Å². The predicted molar refractivity (Wildman–Crippen MR) is 99.6 cm³/mol. The van der Waals surface area contributed by atoms with Crippen LogP contribution in [0.2, 0.25) is 0 Å². The van der Waals surface area contributed by atoms with E-state index in [9.17, 15) is 9.59 Å². The second kappa shape index (κ2) is 7.78. The molecule has 7 nitrogen and oxygen atoms in total. The lowest BCUT2D eigenvalue weighted by Crippen LogP contribution is -2.77. The first-order valence-corrected chi connectivity index (χ1v) is 9.45. The van der Waals surface area contributed by atoms with Crippen LogP contribution in [0, 0.1) is 5.92 Å². The smallest absolute Gasteiger partial charge is 0.410 e. The third-order valence-electron chi connectivity index (χ3n) is 4.93. The van der Waals surface area contributed by atoms with Crippen molar-refractivity contribution in [2.24, 2.45) is 5.92 Å². The number of carbonyl (C=O) groups is 2. The van der Waals surface area contributed by atoms with Crippen LogP contribution >= 0.6 is 0 Å². The molecular weight excluding hydrogens is 386 g/mol. The molecule has 2 fully saturated rings. The molecule has 2 saturated heterocycles. The molecule has 2 heterocycles. The van der Waals surface area contributed by atoms with Crippen LogP contribution in [-0.2, 0) is 20.8 Å². The van der Waals surface area contributed by atoms with Crippen molar-refractivity contribution in [2.45, 2.75) is 44.4 Å². The Labute approximate surface area is 168 Å². The van der Waals surface area contributed by atoms with Gasteiger partial charge in [-0.2, -0.15) is 0 Å². The highest BCUT2D eigenvalue weighted by Crippen LogP contribution is 2.44. The van der Waals surface area contributed by atoms with Gasteiger partial charge in [-0.1, -0.05) is 30.3 Å². The zero-order chi connectivity index (χ0) is 21.3. The van der Waals surface area contributed by atoms with E-state index < -0.39 is 48.3 Å². The van der Waals surface area contributed by atoms with Crippen molar-refractivity contribution in [3.05, 3.63) is 35.9 Å². The maximum atomic E-state index is 15.1. The molecule has 2 unspecified atom stereocenters. The zero-order valence-electron chi connectivity index (χ0n) is 16.7. The summed E-state index contributed by atoms with van der Waals surface area (Å²) in [5.41, 5.74) is -2.12. The summed E-state index contributed by atoms with van der Waals surface area (Å²) >= 11 is 0. The molecule has 2 amide bonds. The number of piperidine rings is 1. The maximum Gasteiger partial charge on any atom is 0.410 e. The molecule has 3 rings (SSSR count). The summed E-state index contributed by atoms with van der Waals surface area (Å²) in [6.07, 6.45) is -1.70. The first-order chi connectivity index (χ1) is 13.5. The average Bonchev–Trinajstić information content (AvgIpc) is 2.60. The van der Waals surface area contributed by atoms with Gasteiger partial charge in [-0.15, -0.1) is 0 Å². The van der Waals surface area contributed by atoms with E-state index in [0.717, 1.165) is 5.56 Å². The number of halogens is 2. The van der Waals surface area contributed by atoms with E-state index in [4.69, 9.17) is 14.2 Å². The molecule has 2 aliphatic heterocycles. The molecule has 0 spiro atoms. The van der Waals surface area contributed by atoms with Gasteiger partial charge < -0.3 is 24.4 Å². The summed E-state index contributed by atoms with van der Waals surface area (Å²) < 4.78 is 46.1. The highest BCUT2D eigenvalue weighted by atomic mass is 19.3. The minimum Gasteiger partial charge on any atom is -0.445 e. The number of benzene rings is 1. The number of nitrogens with one attached hydrogen (secondary N) is 1. The standard InChI is InChI=1S/C20H26F2N2O5/c1-18(2,3)29-17(26)24-9-15-11-27-13-19(12-24,20(15,21)22)23-16(25)28-10-14-7-5-4-6-8-14/h4-8,15H,9-13H2,1-3H3,(H,23,25). The molecule has 0 aliphatic carbocycles. The van der Waals surface area contributed by atoms with Crippen LogP contribution in [0.5, 0.6) is 0 Å². The van der Waals surface area contributed by atoms with Gasteiger partial charge in [0.25, 0.3) is 5.92 Å². The third kappa shape index (κ3) is 4.60. The van der Waals surface area contributed by atoms with E-state index in [-0.39, 0.29) is 19.8 Å². The number of alkyl carbamates (subject to hydrolysis) is 1. The third-order valence-corrected chi connectivity index (χ3v) is 4.93. The normalized spacial score (nSPS) is 25.8. The Morgan fingerprint density at radius 2 is 1.97 bits per heavy atom. The highest BCUT2D eigenvalue weighted by Gasteiger charge is 2.66. The molecular formula is C20H26F2N2O5. The molecule has 2 aliphatic rings. The lowest BCUT2D eigenvalue weighted by Gasteiger charge is -2.53. The second-order valence-electron chi connectivity index (χ2n) is 8.46. The Kier molecular flexibility index (Phi) is 5.71. The molecule has 0 radical (unpaired) electrons. The Morgan fingerprint density at radius 3 is 2.62 bits per heavy atom. The molecule has 9 heteroatoms. The molecule has 1 aromatic rings. The Balaban J connectivity index is 1.73. The molecule has 2 atom stereocenters. The number of amides is 2. The van der Waals surface area contributed by atoms with Crippen LogP contribution in [0.15, 0.2) is 30.3 Å². The number of hydrogen-bond acceptors (Lipinski definition) is 5. The summed E-state index contributed by atoms with van der Waals surface area (Å²) in [5, 5.41) is 2.29. The molecule has 2 bridgehead atoms. The van der Waals surface area contributed by atoms with Crippen LogP contribution in [-0.4, -0.2) is 60.5 Å². The van der Waals surface area contributed by atoms with Crippen molar-refractivity contribution in [1.29, 1.82) is 0 Å². The van der Waals surface area contributed by atoms with Gasteiger partial charge in [0, 0.05) is 6.54 Å². The first-order valence-electron chi connectivity index (χ1n) is 9.45. The van der Waals surface area contributed by atoms with E-state index in [1.165, 1.54) is 4.90 Å². The number of ether oxygens (including phenoxy) is 3. The van der Waals surface area contributed by atoms with Crippen molar-refractivity contribution in [3.8, 4) is 0 Å². The SMILES string of the molecule is CC(C)(C)OC(=O)N1CC2COCC(NC(=O)OCc3ccccc3)(C1)C2(F)F.